The maximum Gasteiger partial charge on any atom is 0.253 e. The number of amides is 1. The average molecular weight is 317 g/mol. The molecule has 1 aromatic carbocycles. The van der Waals surface area contributed by atoms with E-state index in [0.717, 1.165) is 50.5 Å². The molecular formula is C19H27NO3. The first kappa shape index (κ1) is 17.5. The molecule has 0 N–H and O–H groups in total. The van der Waals surface area contributed by atoms with Gasteiger partial charge in [0.15, 0.2) is 0 Å². The summed E-state index contributed by atoms with van der Waals surface area (Å²) in [6.07, 6.45) is 2.06. The predicted octanol–water partition coefficient (Wildman–Crippen LogP) is 3.53. The van der Waals surface area contributed by atoms with Gasteiger partial charge < -0.3 is 14.4 Å². The fraction of sp³-hybridized carbons (Fsp3) is 0.526. The van der Waals surface area contributed by atoms with Gasteiger partial charge in [0.25, 0.3) is 5.91 Å². The van der Waals surface area contributed by atoms with Crippen LogP contribution in [0, 0.1) is 5.92 Å². The summed E-state index contributed by atoms with van der Waals surface area (Å²) in [7, 11) is 0. The highest BCUT2D eigenvalue weighted by Crippen LogP contribution is 2.20. The van der Waals surface area contributed by atoms with Crippen LogP contribution in [0.4, 0.5) is 0 Å². The fourth-order valence-corrected chi connectivity index (χ4v) is 2.63. The van der Waals surface area contributed by atoms with Gasteiger partial charge in [0, 0.05) is 31.2 Å². The Bertz CT molecular complexity index is 524. The molecule has 0 spiro atoms. The van der Waals surface area contributed by atoms with Crippen molar-refractivity contribution in [1.29, 1.82) is 0 Å². The summed E-state index contributed by atoms with van der Waals surface area (Å²) in [4.78, 5) is 14.5. The molecule has 0 saturated carbocycles. The highest BCUT2D eigenvalue weighted by atomic mass is 16.5. The molecule has 1 amide bonds. The maximum atomic E-state index is 12.5. The lowest BCUT2D eigenvalue weighted by Gasteiger charge is -2.17. The summed E-state index contributed by atoms with van der Waals surface area (Å²) in [5, 5.41) is 0. The van der Waals surface area contributed by atoms with Crippen LogP contribution in [0.2, 0.25) is 0 Å². The average Bonchev–Trinajstić information content (AvgIpc) is 3.02. The van der Waals surface area contributed by atoms with Crippen molar-refractivity contribution in [3.8, 4) is 5.75 Å². The first-order valence-corrected chi connectivity index (χ1v) is 8.34. The van der Waals surface area contributed by atoms with E-state index in [-0.39, 0.29) is 5.91 Å². The third kappa shape index (κ3) is 5.39. The van der Waals surface area contributed by atoms with Crippen LogP contribution in [0.3, 0.4) is 0 Å². The first-order valence-electron chi connectivity index (χ1n) is 8.34. The standard InChI is InChI=1S/C19H27NO3/c1-4-11-22-14-16-9-10-20(12-16)19(21)17-5-7-18(8-6-17)23-13-15(2)3/h5-8,16H,2,4,9-14H2,1,3H3/t16-/m0/s1. The van der Waals surface area contributed by atoms with Crippen molar-refractivity contribution in [2.75, 3.05) is 32.9 Å². The molecule has 0 aliphatic carbocycles. The molecule has 0 radical (unpaired) electrons. The molecule has 0 aromatic heterocycles. The van der Waals surface area contributed by atoms with E-state index in [1.807, 2.05) is 36.1 Å². The molecule has 23 heavy (non-hydrogen) atoms. The van der Waals surface area contributed by atoms with Gasteiger partial charge in [0.1, 0.15) is 12.4 Å². The second kappa shape index (κ2) is 8.73. The molecular weight excluding hydrogens is 290 g/mol. The lowest BCUT2D eigenvalue weighted by Crippen LogP contribution is -2.29. The monoisotopic (exact) mass is 317 g/mol. The lowest BCUT2D eigenvalue weighted by atomic mass is 10.1. The third-order valence-corrected chi connectivity index (χ3v) is 3.86. The van der Waals surface area contributed by atoms with Gasteiger partial charge in [-0.05, 0) is 49.6 Å². The van der Waals surface area contributed by atoms with Crippen molar-refractivity contribution >= 4 is 5.91 Å². The van der Waals surface area contributed by atoms with Crippen molar-refractivity contribution in [3.05, 3.63) is 42.0 Å². The van der Waals surface area contributed by atoms with Crippen molar-refractivity contribution in [2.45, 2.75) is 26.7 Å². The van der Waals surface area contributed by atoms with Gasteiger partial charge in [-0.25, -0.2) is 0 Å². The number of carbonyl (C=O) groups excluding carboxylic acids is 1. The van der Waals surface area contributed by atoms with E-state index in [2.05, 4.69) is 13.5 Å². The highest BCUT2D eigenvalue weighted by Gasteiger charge is 2.26. The second-order valence-electron chi connectivity index (χ2n) is 6.25. The zero-order chi connectivity index (χ0) is 16.7. The van der Waals surface area contributed by atoms with Gasteiger partial charge in [-0.3, -0.25) is 4.79 Å². The van der Waals surface area contributed by atoms with E-state index < -0.39 is 0 Å². The van der Waals surface area contributed by atoms with E-state index in [1.54, 1.807) is 0 Å². The smallest absolute Gasteiger partial charge is 0.253 e. The summed E-state index contributed by atoms with van der Waals surface area (Å²) in [6.45, 7) is 11.5. The Morgan fingerprint density at radius 3 is 2.74 bits per heavy atom. The van der Waals surface area contributed by atoms with Gasteiger partial charge in [-0.2, -0.15) is 0 Å². The zero-order valence-electron chi connectivity index (χ0n) is 14.2. The van der Waals surface area contributed by atoms with Crippen LogP contribution in [-0.4, -0.2) is 43.7 Å². The quantitative estimate of drug-likeness (QED) is 0.544. The van der Waals surface area contributed by atoms with Crippen LogP contribution >= 0.6 is 0 Å². The molecule has 0 bridgehead atoms. The summed E-state index contributed by atoms with van der Waals surface area (Å²) < 4.78 is 11.2. The summed E-state index contributed by atoms with van der Waals surface area (Å²) in [5.41, 5.74) is 1.68. The molecule has 1 heterocycles. The van der Waals surface area contributed by atoms with Gasteiger partial charge >= 0.3 is 0 Å². The number of hydrogen-bond donors (Lipinski definition) is 0. The van der Waals surface area contributed by atoms with Crippen molar-refractivity contribution < 1.29 is 14.3 Å². The first-order chi connectivity index (χ1) is 11.1. The Kier molecular flexibility index (Phi) is 6.66. The predicted molar refractivity (Wildman–Crippen MR) is 91.9 cm³/mol. The number of ether oxygens (including phenoxy) is 2. The molecule has 4 nitrogen and oxygen atoms in total. The Morgan fingerprint density at radius 2 is 2.09 bits per heavy atom. The largest absolute Gasteiger partial charge is 0.489 e. The highest BCUT2D eigenvalue weighted by molar-refractivity contribution is 5.94. The molecule has 1 aromatic rings. The number of nitrogens with zero attached hydrogens (tertiary/aromatic N) is 1. The molecule has 4 heteroatoms. The van der Waals surface area contributed by atoms with Crippen LogP contribution in [0.1, 0.15) is 37.0 Å². The Morgan fingerprint density at radius 1 is 1.35 bits per heavy atom. The summed E-state index contributed by atoms with van der Waals surface area (Å²) >= 11 is 0. The topological polar surface area (TPSA) is 38.8 Å². The van der Waals surface area contributed by atoms with E-state index in [9.17, 15) is 4.79 Å². The lowest BCUT2D eigenvalue weighted by molar-refractivity contribution is 0.0754. The third-order valence-electron chi connectivity index (χ3n) is 3.86. The van der Waals surface area contributed by atoms with Gasteiger partial charge in [-0.15, -0.1) is 0 Å². The Hall–Kier alpha value is -1.81. The molecule has 1 aliphatic rings. The van der Waals surface area contributed by atoms with E-state index in [1.165, 1.54) is 0 Å². The zero-order valence-corrected chi connectivity index (χ0v) is 14.2. The normalized spacial score (nSPS) is 17.3. The molecule has 126 valence electrons. The minimum absolute atomic E-state index is 0.0921. The van der Waals surface area contributed by atoms with Crippen LogP contribution in [0.15, 0.2) is 36.4 Å². The number of benzene rings is 1. The van der Waals surface area contributed by atoms with Gasteiger partial charge in [0.2, 0.25) is 0 Å². The van der Waals surface area contributed by atoms with Crippen molar-refractivity contribution in [2.24, 2.45) is 5.92 Å². The van der Waals surface area contributed by atoms with Crippen LogP contribution in [0.25, 0.3) is 0 Å². The van der Waals surface area contributed by atoms with Crippen LogP contribution in [0.5, 0.6) is 5.75 Å². The summed E-state index contributed by atoms with van der Waals surface area (Å²) in [5.74, 6) is 1.31. The molecule has 1 saturated heterocycles. The summed E-state index contributed by atoms with van der Waals surface area (Å²) in [6, 6.07) is 7.34. The SMILES string of the molecule is C=C(C)COc1ccc(C(=O)N2CC[C@H](COCCC)C2)cc1. The molecule has 0 unspecified atom stereocenters. The maximum absolute atomic E-state index is 12.5. The van der Waals surface area contributed by atoms with E-state index >= 15 is 0 Å². The van der Waals surface area contributed by atoms with Crippen molar-refractivity contribution in [1.82, 2.24) is 4.90 Å². The Balaban J connectivity index is 1.84. The van der Waals surface area contributed by atoms with E-state index in [0.29, 0.717) is 18.1 Å². The number of likely N-dealkylation sites (tertiary alicyclic amines) is 1. The molecule has 1 aliphatic heterocycles. The number of rotatable bonds is 8. The minimum Gasteiger partial charge on any atom is -0.489 e. The molecule has 1 atom stereocenters. The number of hydrogen-bond acceptors (Lipinski definition) is 3. The molecule has 1 fully saturated rings. The minimum atomic E-state index is 0.0921. The second-order valence-corrected chi connectivity index (χ2v) is 6.25. The molecule has 2 rings (SSSR count). The van der Waals surface area contributed by atoms with Crippen molar-refractivity contribution in [3.63, 3.8) is 0 Å². The van der Waals surface area contributed by atoms with Gasteiger partial charge in [-0.1, -0.05) is 13.5 Å². The van der Waals surface area contributed by atoms with Crippen LogP contribution < -0.4 is 4.74 Å². The van der Waals surface area contributed by atoms with Crippen LogP contribution in [-0.2, 0) is 4.74 Å². The van der Waals surface area contributed by atoms with Gasteiger partial charge in [0.05, 0.1) is 6.61 Å². The number of carbonyl (C=O) groups is 1. The van der Waals surface area contributed by atoms with E-state index in [4.69, 9.17) is 9.47 Å². The Labute approximate surface area is 139 Å². The fourth-order valence-electron chi connectivity index (χ4n) is 2.63.